The third kappa shape index (κ3) is 3.31. The highest BCUT2D eigenvalue weighted by Crippen LogP contribution is 2.37. The highest BCUT2D eigenvalue weighted by Gasteiger charge is 2.39. The SMILES string of the molecule is CC(C)(C)OC(=O)N1CCC(CO)[C@H]1c1ccccc1. The van der Waals surface area contributed by atoms with Crippen molar-refractivity contribution in [2.24, 2.45) is 5.92 Å². The van der Waals surface area contributed by atoms with Gasteiger partial charge in [0.05, 0.1) is 6.04 Å². The minimum absolute atomic E-state index is 0.0740. The summed E-state index contributed by atoms with van der Waals surface area (Å²) in [6.07, 6.45) is 0.497. The van der Waals surface area contributed by atoms with Crippen LogP contribution in [0.1, 0.15) is 38.8 Å². The van der Waals surface area contributed by atoms with Gasteiger partial charge in [0.15, 0.2) is 0 Å². The zero-order chi connectivity index (χ0) is 14.8. The number of amides is 1. The zero-order valence-corrected chi connectivity index (χ0v) is 12.4. The van der Waals surface area contributed by atoms with Gasteiger partial charge in [-0.1, -0.05) is 30.3 Å². The number of ether oxygens (including phenoxy) is 1. The molecule has 20 heavy (non-hydrogen) atoms. The molecule has 1 N–H and O–H groups in total. The van der Waals surface area contributed by atoms with Gasteiger partial charge in [0.1, 0.15) is 5.60 Å². The molecule has 2 rings (SSSR count). The molecule has 1 aromatic carbocycles. The van der Waals surface area contributed by atoms with E-state index in [1.165, 1.54) is 0 Å². The summed E-state index contributed by atoms with van der Waals surface area (Å²) in [4.78, 5) is 14.1. The lowest BCUT2D eigenvalue weighted by Gasteiger charge is -2.30. The molecule has 1 heterocycles. The third-order valence-electron chi connectivity index (χ3n) is 3.53. The van der Waals surface area contributed by atoms with E-state index in [1.54, 1.807) is 4.90 Å². The molecule has 110 valence electrons. The van der Waals surface area contributed by atoms with Gasteiger partial charge in [-0.05, 0) is 32.8 Å². The second-order valence-corrected chi connectivity index (χ2v) is 6.26. The number of aliphatic hydroxyl groups excluding tert-OH is 1. The Morgan fingerprint density at radius 1 is 1.35 bits per heavy atom. The Hall–Kier alpha value is -1.55. The first-order chi connectivity index (χ1) is 9.42. The summed E-state index contributed by atoms with van der Waals surface area (Å²) in [6.45, 7) is 6.30. The summed E-state index contributed by atoms with van der Waals surface area (Å²) >= 11 is 0. The molecule has 1 amide bonds. The summed E-state index contributed by atoms with van der Waals surface area (Å²) in [7, 11) is 0. The molecule has 1 fully saturated rings. The molecule has 1 aromatic rings. The molecule has 4 nitrogen and oxygen atoms in total. The van der Waals surface area contributed by atoms with Crippen molar-refractivity contribution in [3.63, 3.8) is 0 Å². The van der Waals surface area contributed by atoms with Gasteiger partial charge in [-0.3, -0.25) is 0 Å². The van der Waals surface area contributed by atoms with Crippen molar-refractivity contribution in [1.82, 2.24) is 4.90 Å². The molecule has 0 aliphatic carbocycles. The van der Waals surface area contributed by atoms with E-state index in [9.17, 15) is 9.90 Å². The topological polar surface area (TPSA) is 49.8 Å². The second-order valence-electron chi connectivity index (χ2n) is 6.26. The first-order valence-electron chi connectivity index (χ1n) is 7.08. The molecule has 1 unspecified atom stereocenters. The smallest absolute Gasteiger partial charge is 0.410 e. The van der Waals surface area contributed by atoms with Crippen molar-refractivity contribution in [3.8, 4) is 0 Å². The van der Waals surface area contributed by atoms with E-state index in [0.29, 0.717) is 6.54 Å². The predicted octanol–water partition coefficient (Wildman–Crippen LogP) is 2.98. The number of nitrogens with zero attached hydrogens (tertiary/aromatic N) is 1. The fraction of sp³-hybridized carbons (Fsp3) is 0.562. The van der Waals surface area contributed by atoms with Crippen molar-refractivity contribution in [1.29, 1.82) is 0 Å². The number of carbonyl (C=O) groups excluding carboxylic acids is 1. The molecule has 0 aromatic heterocycles. The number of likely N-dealkylation sites (tertiary alicyclic amines) is 1. The lowest BCUT2D eigenvalue weighted by molar-refractivity contribution is 0.0192. The molecule has 1 aliphatic heterocycles. The molecule has 0 spiro atoms. The first kappa shape index (κ1) is 14.9. The average Bonchev–Trinajstić information content (AvgIpc) is 2.81. The van der Waals surface area contributed by atoms with Gasteiger partial charge in [-0.2, -0.15) is 0 Å². The van der Waals surface area contributed by atoms with Crippen LogP contribution in [0.5, 0.6) is 0 Å². The largest absolute Gasteiger partial charge is 0.444 e. The lowest BCUT2D eigenvalue weighted by Crippen LogP contribution is -2.37. The van der Waals surface area contributed by atoms with Crippen molar-refractivity contribution in [2.45, 2.75) is 38.8 Å². The number of benzene rings is 1. The number of rotatable bonds is 2. The Balaban J connectivity index is 2.22. The highest BCUT2D eigenvalue weighted by atomic mass is 16.6. The Kier molecular flexibility index (Phi) is 4.33. The van der Waals surface area contributed by atoms with Crippen LogP contribution in [0, 0.1) is 5.92 Å². The van der Waals surface area contributed by atoms with E-state index >= 15 is 0 Å². The Bertz CT molecular complexity index is 453. The second kappa shape index (κ2) is 5.83. The van der Waals surface area contributed by atoms with E-state index in [1.807, 2.05) is 51.1 Å². The molecule has 0 bridgehead atoms. The van der Waals surface area contributed by atoms with Crippen LogP contribution in [0.15, 0.2) is 30.3 Å². The third-order valence-corrected chi connectivity index (χ3v) is 3.53. The minimum Gasteiger partial charge on any atom is -0.444 e. The minimum atomic E-state index is -0.504. The van der Waals surface area contributed by atoms with Gasteiger partial charge in [-0.25, -0.2) is 4.79 Å². The van der Waals surface area contributed by atoms with Crippen LogP contribution in [0.4, 0.5) is 4.79 Å². The maximum Gasteiger partial charge on any atom is 0.410 e. The van der Waals surface area contributed by atoms with Gasteiger partial charge < -0.3 is 14.7 Å². The number of hydrogen-bond acceptors (Lipinski definition) is 3. The lowest BCUT2D eigenvalue weighted by atomic mass is 9.94. The van der Waals surface area contributed by atoms with Gasteiger partial charge in [0, 0.05) is 19.1 Å². The number of carbonyl (C=O) groups is 1. The molecule has 2 atom stereocenters. The molecule has 1 saturated heterocycles. The van der Waals surface area contributed by atoms with Gasteiger partial charge >= 0.3 is 6.09 Å². The summed E-state index contributed by atoms with van der Waals surface area (Å²) in [5.74, 6) is 0.0740. The monoisotopic (exact) mass is 277 g/mol. The normalized spacial score (nSPS) is 22.9. The molecular weight excluding hydrogens is 254 g/mol. The number of hydrogen-bond donors (Lipinski definition) is 1. The zero-order valence-electron chi connectivity index (χ0n) is 12.4. The van der Waals surface area contributed by atoms with E-state index in [2.05, 4.69) is 0 Å². The first-order valence-corrected chi connectivity index (χ1v) is 7.08. The Labute approximate surface area is 120 Å². The van der Waals surface area contributed by atoms with Crippen LogP contribution in [0.2, 0.25) is 0 Å². The molecule has 1 aliphatic rings. The molecule has 0 saturated carbocycles. The highest BCUT2D eigenvalue weighted by molar-refractivity contribution is 5.69. The van der Waals surface area contributed by atoms with Crippen LogP contribution >= 0.6 is 0 Å². The van der Waals surface area contributed by atoms with Crippen molar-refractivity contribution in [2.75, 3.05) is 13.2 Å². The standard InChI is InChI=1S/C16H23NO3/c1-16(2,3)20-15(19)17-10-9-13(11-18)14(17)12-7-5-4-6-8-12/h4-8,13-14,18H,9-11H2,1-3H3/t13?,14-/m1/s1. The summed E-state index contributed by atoms with van der Waals surface area (Å²) < 4.78 is 5.47. The van der Waals surface area contributed by atoms with Crippen LogP contribution in [0.25, 0.3) is 0 Å². The number of aliphatic hydroxyl groups is 1. The maximum absolute atomic E-state index is 12.3. The van der Waals surface area contributed by atoms with Crippen LogP contribution in [-0.4, -0.2) is 34.9 Å². The van der Waals surface area contributed by atoms with Crippen LogP contribution in [0.3, 0.4) is 0 Å². The van der Waals surface area contributed by atoms with Crippen molar-refractivity contribution >= 4 is 6.09 Å². The molecule has 0 radical (unpaired) electrons. The van der Waals surface area contributed by atoms with Crippen LogP contribution in [-0.2, 0) is 4.74 Å². The molecular formula is C16H23NO3. The van der Waals surface area contributed by atoms with Gasteiger partial charge in [0.2, 0.25) is 0 Å². The average molecular weight is 277 g/mol. The summed E-state index contributed by atoms with van der Waals surface area (Å²) in [5.41, 5.74) is 0.546. The Morgan fingerprint density at radius 3 is 2.55 bits per heavy atom. The fourth-order valence-corrected chi connectivity index (χ4v) is 2.68. The van der Waals surface area contributed by atoms with Gasteiger partial charge in [-0.15, -0.1) is 0 Å². The maximum atomic E-state index is 12.3. The fourth-order valence-electron chi connectivity index (χ4n) is 2.68. The predicted molar refractivity (Wildman–Crippen MR) is 77.3 cm³/mol. The van der Waals surface area contributed by atoms with Crippen molar-refractivity contribution < 1.29 is 14.6 Å². The van der Waals surface area contributed by atoms with E-state index < -0.39 is 5.60 Å². The van der Waals surface area contributed by atoms with E-state index in [-0.39, 0.29) is 24.7 Å². The van der Waals surface area contributed by atoms with Crippen LogP contribution < -0.4 is 0 Å². The van der Waals surface area contributed by atoms with Crippen molar-refractivity contribution in [3.05, 3.63) is 35.9 Å². The van der Waals surface area contributed by atoms with E-state index in [0.717, 1.165) is 12.0 Å². The summed E-state index contributed by atoms with van der Waals surface area (Å²) in [5, 5.41) is 9.55. The Morgan fingerprint density at radius 2 is 2.00 bits per heavy atom. The quantitative estimate of drug-likeness (QED) is 0.904. The molecule has 4 heteroatoms. The van der Waals surface area contributed by atoms with Gasteiger partial charge in [0.25, 0.3) is 0 Å². The van der Waals surface area contributed by atoms with E-state index in [4.69, 9.17) is 4.74 Å². The summed E-state index contributed by atoms with van der Waals surface area (Å²) in [6, 6.07) is 9.75.